The van der Waals surface area contributed by atoms with Gasteiger partial charge in [-0.25, -0.2) is 15.0 Å². The highest BCUT2D eigenvalue weighted by atomic mass is 16.3. The second kappa shape index (κ2) is 13.6. The van der Waals surface area contributed by atoms with E-state index in [1.165, 1.54) is 10.9 Å². The molecule has 11 rings (SSSR count). The Morgan fingerprint density at radius 2 is 0.895 bits per heavy atom. The Kier molecular flexibility index (Phi) is 7.78. The van der Waals surface area contributed by atoms with Crippen molar-refractivity contribution in [3.8, 4) is 67.4 Å². The fourth-order valence-electron chi connectivity index (χ4n) is 8.02. The summed E-state index contributed by atoms with van der Waals surface area (Å²) < 4.78 is 6.55. The third-order valence-corrected chi connectivity index (χ3v) is 10.9. The highest BCUT2D eigenvalue weighted by Crippen LogP contribution is 2.41. The molecule has 0 spiro atoms. The summed E-state index contributed by atoms with van der Waals surface area (Å²) in [5.41, 5.74) is 13.8. The molecule has 0 saturated carbocycles. The van der Waals surface area contributed by atoms with E-state index < -0.39 is 0 Å². The zero-order chi connectivity index (χ0) is 37.7. The lowest BCUT2D eigenvalue weighted by Crippen LogP contribution is -1.96. The van der Waals surface area contributed by atoms with Crippen LogP contribution in [0.15, 0.2) is 205 Å². The highest BCUT2D eigenvalue weighted by Gasteiger charge is 2.19. The Hall–Kier alpha value is -7.69. The van der Waals surface area contributed by atoms with Crippen molar-refractivity contribution in [2.45, 2.75) is 0 Å². The number of nitrogens with zero attached hydrogens (tertiary/aromatic N) is 3. The van der Waals surface area contributed by atoms with Crippen LogP contribution in [0.25, 0.3) is 111 Å². The number of rotatable bonds is 6. The third kappa shape index (κ3) is 5.83. The second-order valence-electron chi connectivity index (χ2n) is 14.4. The molecule has 0 bridgehead atoms. The van der Waals surface area contributed by atoms with E-state index in [9.17, 15) is 0 Å². The Bertz CT molecular complexity index is 3260. The van der Waals surface area contributed by atoms with Crippen LogP contribution in [-0.2, 0) is 0 Å². The molecule has 3 heterocycles. The Balaban J connectivity index is 0.966. The van der Waals surface area contributed by atoms with Gasteiger partial charge in [-0.1, -0.05) is 182 Å². The summed E-state index contributed by atoms with van der Waals surface area (Å²) in [4.78, 5) is 15.5. The van der Waals surface area contributed by atoms with E-state index in [4.69, 9.17) is 19.4 Å². The second-order valence-corrected chi connectivity index (χ2v) is 14.4. The molecule has 0 aliphatic carbocycles. The lowest BCUT2D eigenvalue weighted by atomic mass is 9.97. The largest absolute Gasteiger partial charge is 0.454 e. The van der Waals surface area contributed by atoms with Gasteiger partial charge in [0.05, 0.1) is 16.9 Å². The van der Waals surface area contributed by atoms with Crippen LogP contribution >= 0.6 is 0 Å². The van der Waals surface area contributed by atoms with Crippen LogP contribution < -0.4 is 0 Å². The molecule has 8 aromatic carbocycles. The molecule has 0 fully saturated rings. The molecule has 0 radical (unpaired) electrons. The SMILES string of the molecule is c1ccc(-c2cccc(-c3cc(-c4ccc(-c5ccc(-c6nc7c8ccccc8ccc7c7c6oc6ccccc67)cc5)cc4)nc(-c4ccccc4)n3)c2)cc1. The first-order valence-corrected chi connectivity index (χ1v) is 19.2. The summed E-state index contributed by atoms with van der Waals surface area (Å²) in [6, 6.07) is 69.7. The molecular weight excluding hydrogens is 695 g/mol. The first-order chi connectivity index (χ1) is 28.2. The summed E-state index contributed by atoms with van der Waals surface area (Å²) in [5, 5.41) is 5.60. The standard InChI is InChI=1S/C53H33N3O/c1-3-12-34(13-4-1)41-17-11-18-42(32-41)47-33-46(54-53(55-47)40-15-5-2-6-16-40)38-26-22-35(23-27-38)36-24-28-39(29-25-36)50-52-49(44-20-9-10-21-48(44)57-52)45-31-30-37-14-7-8-19-43(37)51(45)56-50/h1-33H. The normalized spacial score (nSPS) is 11.5. The Labute approximate surface area is 329 Å². The molecule has 0 atom stereocenters. The van der Waals surface area contributed by atoms with Crippen molar-refractivity contribution >= 4 is 43.6 Å². The number of hydrogen-bond donors (Lipinski definition) is 0. The zero-order valence-corrected chi connectivity index (χ0v) is 30.8. The fourth-order valence-corrected chi connectivity index (χ4v) is 8.02. The fraction of sp³-hybridized carbons (Fsp3) is 0. The van der Waals surface area contributed by atoms with Crippen LogP contribution in [0.1, 0.15) is 0 Å². The molecule has 0 aliphatic rings. The van der Waals surface area contributed by atoms with E-state index in [0.717, 1.165) is 94.3 Å². The van der Waals surface area contributed by atoms with Gasteiger partial charge in [0.15, 0.2) is 11.4 Å². The average Bonchev–Trinajstić information content (AvgIpc) is 3.69. The van der Waals surface area contributed by atoms with E-state index in [1.54, 1.807) is 0 Å². The van der Waals surface area contributed by atoms with E-state index in [1.807, 2.05) is 36.4 Å². The lowest BCUT2D eigenvalue weighted by Gasteiger charge is -2.11. The topological polar surface area (TPSA) is 51.8 Å². The maximum atomic E-state index is 6.55. The smallest absolute Gasteiger partial charge is 0.162 e. The number of fused-ring (bicyclic) bond motifs is 7. The van der Waals surface area contributed by atoms with Crippen molar-refractivity contribution in [2.24, 2.45) is 0 Å². The molecule has 57 heavy (non-hydrogen) atoms. The predicted molar refractivity (Wildman–Crippen MR) is 235 cm³/mol. The molecule has 3 aromatic heterocycles. The van der Waals surface area contributed by atoms with Crippen LogP contribution in [0.3, 0.4) is 0 Å². The Morgan fingerprint density at radius 1 is 0.333 bits per heavy atom. The van der Waals surface area contributed by atoms with Gasteiger partial charge < -0.3 is 4.42 Å². The van der Waals surface area contributed by atoms with Crippen LogP contribution in [0.5, 0.6) is 0 Å². The van der Waals surface area contributed by atoms with Gasteiger partial charge >= 0.3 is 0 Å². The van der Waals surface area contributed by atoms with Crippen LogP contribution in [-0.4, -0.2) is 15.0 Å². The number of para-hydroxylation sites is 1. The maximum Gasteiger partial charge on any atom is 0.162 e. The molecule has 4 heteroatoms. The molecule has 0 N–H and O–H groups in total. The molecule has 11 aromatic rings. The van der Waals surface area contributed by atoms with Crippen molar-refractivity contribution in [1.29, 1.82) is 0 Å². The van der Waals surface area contributed by atoms with Gasteiger partial charge in [0.2, 0.25) is 0 Å². The zero-order valence-electron chi connectivity index (χ0n) is 30.8. The van der Waals surface area contributed by atoms with Gasteiger partial charge in [-0.15, -0.1) is 0 Å². The molecular formula is C53H33N3O. The highest BCUT2D eigenvalue weighted by molar-refractivity contribution is 6.24. The predicted octanol–water partition coefficient (Wildman–Crippen LogP) is 14.1. The van der Waals surface area contributed by atoms with Crippen molar-refractivity contribution < 1.29 is 4.42 Å². The summed E-state index contributed by atoms with van der Waals surface area (Å²) >= 11 is 0. The molecule has 266 valence electrons. The van der Waals surface area contributed by atoms with Crippen molar-refractivity contribution in [3.63, 3.8) is 0 Å². The summed E-state index contributed by atoms with van der Waals surface area (Å²) in [5.74, 6) is 0.696. The van der Waals surface area contributed by atoms with Crippen molar-refractivity contribution in [3.05, 3.63) is 200 Å². The monoisotopic (exact) mass is 727 g/mol. The van der Waals surface area contributed by atoms with E-state index in [2.05, 4.69) is 164 Å². The van der Waals surface area contributed by atoms with Gasteiger partial charge in [-0.3, -0.25) is 0 Å². The summed E-state index contributed by atoms with van der Waals surface area (Å²) in [6.07, 6.45) is 0. The number of benzene rings is 8. The van der Waals surface area contributed by atoms with E-state index in [0.29, 0.717) is 5.82 Å². The van der Waals surface area contributed by atoms with Gasteiger partial charge in [0, 0.05) is 43.8 Å². The third-order valence-electron chi connectivity index (χ3n) is 10.9. The van der Waals surface area contributed by atoms with Gasteiger partial charge in [0.25, 0.3) is 0 Å². The van der Waals surface area contributed by atoms with Crippen LogP contribution in [0, 0.1) is 0 Å². The Morgan fingerprint density at radius 3 is 1.65 bits per heavy atom. The van der Waals surface area contributed by atoms with Crippen LogP contribution in [0.4, 0.5) is 0 Å². The quantitative estimate of drug-likeness (QED) is 0.160. The number of pyridine rings is 1. The average molecular weight is 728 g/mol. The number of furan rings is 1. The summed E-state index contributed by atoms with van der Waals surface area (Å²) in [7, 11) is 0. The van der Waals surface area contributed by atoms with Gasteiger partial charge in [-0.2, -0.15) is 0 Å². The number of hydrogen-bond acceptors (Lipinski definition) is 4. The molecule has 0 unspecified atom stereocenters. The lowest BCUT2D eigenvalue weighted by molar-refractivity contribution is 0.669. The minimum atomic E-state index is 0.696. The molecule has 0 amide bonds. The first kappa shape index (κ1) is 32.7. The van der Waals surface area contributed by atoms with Crippen LogP contribution in [0.2, 0.25) is 0 Å². The van der Waals surface area contributed by atoms with Crippen molar-refractivity contribution in [1.82, 2.24) is 15.0 Å². The number of aromatic nitrogens is 3. The van der Waals surface area contributed by atoms with Gasteiger partial charge in [-0.05, 0) is 45.8 Å². The minimum absolute atomic E-state index is 0.696. The van der Waals surface area contributed by atoms with E-state index >= 15 is 0 Å². The molecule has 0 saturated heterocycles. The van der Waals surface area contributed by atoms with Gasteiger partial charge in [0.1, 0.15) is 11.3 Å². The minimum Gasteiger partial charge on any atom is -0.454 e. The van der Waals surface area contributed by atoms with Crippen molar-refractivity contribution in [2.75, 3.05) is 0 Å². The summed E-state index contributed by atoms with van der Waals surface area (Å²) in [6.45, 7) is 0. The maximum absolute atomic E-state index is 6.55. The first-order valence-electron chi connectivity index (χ1n) is 19.2. The molecule has 0 aliphatic heterocycles. The van der Waals surface area contributed by atoms with E-state index in [-0.39, 0.29) is 0 Å². The molecule has 4 nitrogen and oxygen atoms in total.